The van der Waals surface area contributed by atoms with Crippen molar-refractivity contribution >= 4 is 29.2 Å². The monoisotopic (exact) mass is 438 g/mol. The number of anilines is 1. The molecule has 0 aliphatic rings. The van der Waals surface area contributed by atoms with E-state index in [0.717, 1.165) is 16.8 Å². The summed E-state index contributed by atoms with van der Waals surface area (Å²) in [4.78, 5) is 21.6. The number of hydrogen-bond acceptors (Lipinski definition) is 5. The predicted molar refractivity (Wildman–Crippen MR) is 122 cm³/mol. The van der Waals surface area contributed by atoms with Crippen molar-refractivity contribution in [3.63, 3.8) is 0 Å². The Kier molecular flexibility index (Phi) is 7.45. The second-order valence-corrected chi connectivity index (χ2v) is 7.10. The Bertz CT molecular complexity index is 1070. The molecule has 0 radical (unpaired) electrons. The molecule has 0 saturated carbocycles. The third-order valence-corrected chi connectivity index (χ3v) is 4.66. The molecular weight excluding hydrogens is 416 g/mol. The van der Waals surface area contributed by atoms with Crippen molar-refractivity contribution in [3.8, 4) is 11.5 Å². The standard InChI is InChI=1S/C23H23ClN4O3/c1-15-9-18(24)6-7-21(15)27-23(26-14-16-5-4-8-25-13-16)28-22(29)17-10-19(30-2)12-20(11-17)31-3/h4-13H,14H2,1-3H3,(H2,26,27,28,29). The summed E-state index contributed by atoms with van der Waals surface area (Å²) >= 11 is 6.06. The average molecular weight is 439 g/mol. The minimum Gasteiger partial charge on any atom is -0.497 e. The van der Waals surface area contributed by atoms with Gasteiger partial charge in [-0.3, -0.25) is 15.1 Å². The molecule has 0 atom stereocenters. The summed E-state index contributed by atoms with van der Waals surface area (Å²) < 4.78 is 10.5. The number of guanidine groups is 1. The summed E-state index contributed by atoms with van der Waals surface area (Å²) in [5, 5.41) is 6.64. The number of methoxy groups -OCH3 is 2. The number of aryl methyl sites for hydroxylation is 1. The van der Waals surface area contributed by atoms with Crippen LogP contribution in [0.25, 0.3) is 0 Å². The lowest BCUT2D eigenvalue weighted by molar-refractivity contribution is 0.0976. The van der Waals surface area contributed by atoms with E-state index < -0.39 is 0 Å². The number of nitrogens with zero attached hydrogens (tertiary/aromatic N) is 2. The molecule has 1 heterocycles. The van der Waals surface area contributed by atoms with E-state index in [9.17, 15) is 4.79 Å². The van der Waals surface area contributed by atoms with E-state index in [0.29, 0.717) is 34.6 Å². The third kappa shape index (κ3) is 6.20. The van der Waals surface area contributed by atoms with Crippen molar-refractivity contribution in [1.82, 2.24) is 10.3 Å². The number of halogens is 1. The smallest absolute Gasteiger partial charge is 0.258 e. The van der Waals surface area contributed by atoms with Crippen molar-refractivity contribution in [2.75, 3.05) is 19.5 Å². The normalized spacial score (nSPS) is 11.0. The largest absolute Gasteiger partial charge is 0.497 e. The van der Waals surface area contributed by atoms with Crippen molar-refractivity contribution in [2.24, 2.45) is 4.99 Å². The van der Waals surface area contributed by atoms with Gasteiger partial charge in [-0.05, 0) is 54.4 Å². The molecule has 3 rings (SSSR count). The lowest BCUT2D eigenvalue weighted by Gasteiger charge is -2.15. The zero-order valence-electron chi connectivity index (χ0n) is 17.5. The predicted octanol–water partition coefficient (Wildman–Crippen LogP) is 4.46. The van der Waals surface area contributed by atoms with Crippen molar-refractivity contribution in [3.05, 3.63) is 82.6 Å². The molecule has 1 aromatic heterocycles. The topological polar surface area (TPSA) is 84.8 Å². The summed E-state index contributed by atoms with van der Waals surface area (Å²) in [6, 6.07) is 14.1. The Morgan fingerprint density at radius 1 is 1.10 bits per heavy atom. The molecule has 2 N–H and O–H groups in total. The Morgan fingerprint density at radius 3 is 2.45 bits per heavy atom. The maximum atomic E-state index is 13.0. The number of amides is 1. The summed E-state index contributed by atoms with van der Waals surface area (Å²) in [5.41, 5.74) is 2.98. The number of ether oxygens (including phenoxy) is 2. The van der Waals surface area contributed by atoms with Crippen LogP contribution in [0.1, 0.15) is 21.5 Å². The summed E-state index contributed by atoms with van der Waals surface area (Å²) in [6.07, 6.45) is 3.42. The van der Waals surface area contributed by atoms with E-state index in [1.807, 2.05) is 31.2 Å². The molecule has 31 heavy (non-hydrogen) atoms. The van der Waals surface area contributed by atoms with Gasteiger partial charge in [0.05, 0.1) is 20.8 Å². The van der Waals surface area contributed by atoms with Gasteiger partial charge >= 0.3 is 0 Å². The van der Waals surface area contributed by atoms with Crippen molar-refractivity contribution < 1.29 is 14.3 Å². The molecule has 0 aliphatic heterocycles. The number of carbonyl (C=O) groups is 1. The molecule has 8 heteroatoms. The highest BCUT2D eigenvalue weighted by atomic mass is 35.5. The van der Waals surface area contributed by atoms with Crippen LogP contribution >= 0.6 is 11.6 Å². The van der Waals surface area contributed by atoms with Crippen LogP contribution < -0.4 is 20.1 Å². The summed E-state index contributed by atoms with van der Waals surface area (Å²) in [5.74, 6) is 0.960. The summed E-state index contributed by atoms with van der Waals surface area (Å²) in [6.45, 7) is 2.26. The molecule has 0 spiro atoms. The molecule has 0 fully saturated rings. The first-order valence-corrected chi connectivity index (χ1v) is 9.87. The highest BCUT2D eigenvalue weighted by Crippen LogP contribution is 2.23. The first-order chi connectivity index (χ1) is 15.0. The van der Waals surface area contributed by atoms with Crippen LogP contribution in [0.4, 0.5) is 5.69 Å². The fourth-order valence-electron chi connectivity index (χ4n) is 2.79. The maximum absolute atomic E-state index is 13.0. The number of aromatic nitrogens is 1. The molecule has 0 saturated heterocycles. The quantitative estimate of drug-likeness (QED) is 0.438. The number of aliphatic imine (C=N–C) groups is 1. The lowest BCUT2D eigenvalue weighted by atomic mass is 10.2. The second kappa shape index (κ2) is 10.4. The van der Waals surface area contributed by atoms with Crippen LogP contribution in [0.15, 0.2) is 65.9 Å². The maximum Gasteiger partial charge on any atom is 0.258 e. The summed E-state index contributed by atoms with van der Waals surface area (Å²) in [7, 11) is 3.06. The van der Waals surface area contributed by atoms with Gasteiger partial charge in [-0.15, -0.1) is 0 Å². The molecular formula is C23H23ClN4O3. The van der Waals surface area contributed by atoms with Crippen molar-refractivity contribution in [1.29, 1.82) is 0 Å². The first kappa shape index (κ1) is 22.1. The van der Waals surface area contributed by atoms with Gasteiger partial charge in [-0.2, -0.15) is 0 Å². The molecule has 7 nitrogen and oxygen atoms in total. The number of benzene rings is 2. The Balaban J connectivity index is 1.87. The Labute approximate surface area is 186 Å². The molecule has 0 bridgehead atoms. The number of rotatable bonds is 6. The molecule has 0 aliphatic carbocycles. The van der Waals surface area contributed by atoms with Crippen molar-refractivity contribution in [2.45, 2.75) is 13.5 Å². The molecule has 3 aromatic rings. The van der Waals surface area contributed by atoms with Gasteiger partial charge < -0.3 is 14.8 Å². The van der Waals surface area contributed by atoms with Crippen LogP contribution in [0, 0.1) is 6.92 Å². The zero-order valence-corrected chi connectivity index (χ0v) is 18.2. The van der Waals surface area contributed by atoms with Gasteiger partial charge in [0.1, 0.15) is 11.5 Å². The second-order valence-electron chi connectivity index (χ2n) is 6.67. The average Bonchev–Trinajstić information content (AvgIpc) is 2.79. The highest BCUT2D eigenvalue weighted by Gasteiger charge is 2.13. The van der Waals surface area contributed by atoms with E-state index in [4.69, 9.17) is 21.1 Å². The lowest BCUT2D eigenvalue weighted by Crippen LogP contribution is -2.36. The van der Waals surface area contributed by atoms with Gasteiger partial charge in [0.25, 0.3) is 5.91 Å². The zero-order chi connectivity index (χ0) is 22.2. The van der Waals surface area contributed by atoms with Gasteiger partial charge in [-0.1, -0.05) is 17.7 Å². The number of nitrogens with one attached hydrogen (secondary N) is 2. The van der Waals surface area contributed by atoms with Crippen LogP contribution in [0.3, 0.4) is 0 Å². The van der Waals surface area contributed by atoms with Gasteiger partial charge in [0.15, 0.2) is 0 Å². The van der Waals surface area contributed by atoms with Gasteiger partial charge in [0, 0.05) is 34.7 Å². The van der Waals surface area contributed by atoms with Gasteiger partial charge in [-0.25, -0.2) is 4.99 Å². The van der Waals surface area contributed by atoms with E-state index in [-0.39, 0.29) is 5.91 Å². The van der Waals surface area contributed by atoms with E-state index in [2.05, 4.69) is 20.6 Å². The fourth-order valence-corrected chi connectivity index (χ4v) is 3.01. The molecule has 0 unspecified atom stereocenters. The van der Waals surface area contributed by atoms with E-state index in [1.165, 1.54) is 14.2 Å². The SMILES string of the molecule is COc1cc(OC)cc(C(=O)NC(=NCc2cccnc2)Nc2ccc(Cl)cc2C)c1. The first-order valence-electron chi connectivity index (χ1n) is 9.49. The minimum atomic E-state index is -0.360. The number of pyridine rings is 1. The highest BCUT2D eigenvalue weighted by molar-refractivity contribution is 6.30. The number of carbonyl (C=O) groups excluding carboxylic acids is 1. The van der Waals surface area contributed by atoms with E-state index >= 15 is 0 Å². The Hall–Kier alpha value is -3.58. The van der Waals surface area contributed by atoms with Crippen LogP contribution in [0.5, 0.6) is 11.5 Å². The third-order valence-electron chi connectivity index (χ3n) is 4.43. The fraction of sp³-hybridized carbons (Fsp3) is 0.174. The van der Waals surface area contributed by atoms with E-state index in [1.54, 1.807) is 36.7 Å². The van der Waals surface area contributed by atoms with Crippen LogP contribution in [-0.4, -0.2) is 31.1 Å². The van der Waals surface area contributed by atoms with Crippen LogP contribution in [0.2, 0.25) is 5.02 Å². The molecule has 1 amide bonds. The Morgan fingerprint density at radius 2 is 1.84 bits per heavy atom. The molecule has 2 aromatic carbocycles. The number of hydrogen-bond donors (Lipinski definition) is 2. The minimum absolute atomic E-state index is 0.293. The molecule has 160 valence electrons. The van der Waals surface area contributed by atoms with Crippen LogP contribution in [-0.2, 0) is 6.54 Å². The van der Waals surface area contributed by atoms with Gasteiger partial charge in [0.2, 0.25) is 5.96 Å².